The SMILES string of the molecule is CCn1ccnc1CN1CCN(CCc2ccc(OC)cc2)CC1. The molecular formula is C19H28N4O. The molecule has 1 aromatic heterocycles. The molecule has 5 nitrogen and oxygen atoms in total. The van der Waals surface area contributed by atoms with Crippen LogP contribution in [0, 0.1) is 0 Å². The lowest BCUT2D eigenvalue weighted by Crippen LogP contribution is -2.46. The number of rotatable bonds is 7. The maximum atomic E-state index is 5.21. The van der Waals surface area contributed by atoms with E-state index in [9.17, 15) is 0 Å². The van der Waals surface area contributed by atoms with Crippen molar-refractivity contribution in [2.45, 2.75) is 26.4 Å². The number of hydrogen-bond acceptors (Lipinski definition) is 4. The Morgan fingerprint density at radius 2 is 1.75 bits per heavy atom. The number of nitrogens with zero attached hydrogens (tertiary/aromatic N) is 4. The van der Waals surface area contributed by atoms with E-state index in [0.29, 0.717) is 0 Å². The smallest absolute Gasteiger partial charge is 0.122 e. The minimum absolute atomic E-state index is 0.929. The van der Waals surface area contributed by atoms with Crippen molar-refractivity contribution in [3.05, 3.63) is 48.0 Å². The molecule has 0 atom stereocenters. The van der Waals surface area contributed by atoms with Gasteiger partial charge in [0.05, 0.1) is 13.7 Å². The fourth-order valence-corrected chi connectivity index (χ4v) is 3.23. The van der Waals surface area contributed by atoms with Crippen molar-refractivity contribution >= 4 is 0 Å². The topological polar surface area (TPSA) is 33.5 Å². The van der Waals surface area contributed by atoms with Gasteiger partial charge in [-0.3, -0.25) is 4.90 Å². The molecule has 0 bridgehead atoms. The van der Waals surface area contributed by atoms with Gasteiger partial charge in [0.15, 0.2) is 0 Å². The van der Waals surface area contributed by atoms with E-state index < -0.39 is 0 Å². The second-order valence-corrected chi connectivity index (χ2v) is 6.35. The van der Waals surface area contributed by atoms with Crippen molar-refractivity contribution in [2.75, 3.05) is 39.8 Å². The molecule has 1 fully saturated rings. The molecule has 1 aliphatic heterocycles. The first-order chi connectivity index (χ1) is 11.8. The molecule has 0 aliphatic carbocycles. The summed E-state index contributed by atoms with van der Waals surface area (Å²) in [4.78, 5) is 9.56. The molecule has 2 aromatic rings. The summed E-state index contributed by atoms with van der Waals surface area (Å²) in [5.74, 6) is 2.11. The predicted octanol–water partition coefficient (Wildman–Crippen LogP) is 2.27. The highest BCUT2D eigenvalue weighted by Crippen LogP contribution is 2.13. The Kier molecular flexibility index (Phi) is 5.88. The zero-order valence-corrected chi connectivity index (χ0v) is 14.8. The van der Waals surface area contributed by atoms with Crippen molar-refractivity contribution in [3.8, 4) is 5.75 Å². The van der Waals surface area contributed by atoms with E-state index in [1.54, 1.807) is 7.11 Å². The largest absolute Gasteiger partial charge is 0.497 e. The monoisotopic (exact) mass is 328 g/mol. The van der Waals surface area contributed by atoms with Crippen molar-refractivity contribution < 1.29 is 4.74 Å². The number of ether oxygens (including phenoxy) is 1. The van der Waals surface area contributed by atoms with Gasteiger partial charge in [0.2, 0.25) is 0 Å². The number of benzene rings is 1. The lowest BCUT2D eigenvalue weighted by atomic mass is 10.1. The summed E-state index contributed by atoms with van der Waals surface area (Å²) in [6.07, 6.45) is 5.08. The Bertz CT molecular complexity index is 615. The van der Waals surface area contributed by atoms with E-state index in [0.717, 1.165) is 58.0 Å². The molecule has 24 heavy (non-hydrogen) atoms. The number of hydrogen-bond donors (Lipinski definition) is 0. The first-order valence-electron chi connectivity index (χ1n) is 8.86. The van der Waals surface area contributed by atoms with Crippen LogP contribution in [0.15, 0.2) is 36.7 Å². The fourth-order valence-electron chi connectivity index (χ4n) is 3.23. The van der Waals surface area contributed by atoms with Gasteiger partial charge in [-0.05, 0) is 31.0 Å². The molecule has 1 aromatic carbocycles. The van der Waals surface area contributed by atoms with E-state index in [-0.39, 0.29) is 0 Å². The number of imidazole rings is 1. The maximum absolute atomic E-state index is 5.21. The van der Waals surface area contributed by atoms with Crippen LogP contribution in [-0.2, 0) is 19.5 Å². The molecule has 130 valence electrons. The van der Waals surface area contributed by atoms with E-state index in [1.807, 2.05) is 18.3 Å². The van der Waals surface area contributed by atoms with Crippen molar-refractivity contribution in [1.82, 2.24) is 19.4 Å². The number of piperazine rings is 1. The molecular weight excluding hydrogens is 300 g/mol. The average molecular weight is 328 g/mol. The first-order valence-corrected chi connectivity index (χ1v) is 8.86. The third-order valence-corrected chi connectivity index (χ3v) is 4.85. The molecule has 0 unspecified atom stereocenters. The Balaban J connectivity index is 1.41. The Hall–Kier alpha value is -1.85. The van der Waals surface area contributed by atoms with Gasteiger partial charge in [-0.2, -0.15) is 0 Å². The molecule has 5 heteroatoms. The summed E-state index contributed by atoms with van der Waals surface area (Å²) < 4.78 is 7.44. The van der Waals surface area contributed by atoms with Gasteiger partial charge in [-0.25, -0.2) is 4.98 Å². The molecule has 3 rings (SSSR count). The highest BCUT2D eigenvalue weighted by molar-refractivity contribution is 5.27. The van der Waals surface area contributed by atoms with E-state index in [4.69, 9.17) is 4.74 Å². The van der Waals surface area contributed by atoms with Crippen LogP contribution in [0.4, 0.5) is 0 Å². The zero-order chi connectivity index (χ0) is 16.8. The summed E-state index contributed by atoms with van der Waals surface area (Å²) in [6.45, 7) is 9.79. The standard InChI is InChI=1S/C19H28N4O/c1-3-23-11-9-20-19(23)16-22-14-12-21(13-15-22)10-8-17-4-6-18(24-2)7-5-17/h4-7,9,11H,3,8,10,12-16H2,1-2H3. The Morgan fingerprint density at radius 1 is 1.04 bits per heavy atom. The zero-order valence-electron chi connectivity index (χ0n) is 14.8. The van der Waals surface area contributed by atoms with E-state index in [2.05, 4.69) is 44.6 Å². The lowest BCUT2D eigenvalue weighted by Gasteiger charge is -2.34. The Labute approximate surface area is 144 Å². The van der Waals surface area contributed by atoms with Crippen LogP contribution in [0.5, 0.6) is 5.75 Å². The van der Waals surface area contributed by atoms with Crippen LogP contribution >= 0.6 is 0 Å². The van der Waals surface area contributed by atoms with E-state index in [1.165, 1.54) is 11.4 Å². The van der Waals surface area contributed by atoms with Gasteiger partial charge < -0.3 is 14.2 Å². The Morgan fingerprint density at radius 3 is 2.42 bits per heavy atom. The molecule has 0 spiro atoms. The van der Waals surface area contributed by atoms with Crippen molar-refractivity contribution in [3.63, 3.8) is 0 Å². The van der Waals surface area contributed by atoms with Gasteiger partial charge in [-0.15, -0.1) is 0 Å². The maximum Gasteiger partial charge on any atom is 0.122 e. The summed E-state index contributed by atoms with van der Waals surface area (Å²) in [5.41, 5.74) is 1.38. The molecule has 0 amide bonds. The van der Waals surface area contributed by atoms with Crippen molar-refractivity contribution in [2.24, 2.45) is 0 Å². The highest BCUT2D eigenvalue weighted by atomic mass is 16.5. The van der Waals surface area contributed by atoms with Gasteiger partial charge in [0.25, 0.3) is 0 Å². The molecule has 1 aliphatic rings. The normalized spacial score (nSPS) is 16.4. The molecule has 0 radical (unpaired) electrons. The first kappa shape index (κ1) is 17.0. The minimum Gasteiger partial charge on any atom is -0.497 e. The van der Waals surface area contributed by atoms with Crippen LogP contribution in [0.25, 0.3) is 0 Å². The lowest BCUT2D eigenvalue weighted by molar-refractivity contribution is 0.125. The summed E-state index contributed by atoms with van der Waals surface area (Å²) >= 11 is 0. The predicted molar refractivity (Wildman–Crippen MR) is 96.3 cm³/mol. The second kappa shape index (κ2) is 8.31. The molecule has 0 saturated carbocycles. The van der Waals surface area contributed by atoms with Crippen LogP contribution in [-0.4, -0.2) is 59.2 Å². The number of aryl methyl sites for hydroxylation is 1. The van der Waals surface area contributed by atoms with Crippen LogP contribution in [0.1, 0.15) is 18.3 Å². The quantitative estimate of drug-likeness (QED) is 0.781. The van der Waals surface area contributed by atoms with Gasteiger partial charge >= 0.3 is 0 Å². The highest BCUT2D eigenvalue weighted by Gasteiger charge is 2.18. The number of methoxy groups -OCH3 is 1. The van der Waals surface area contributed by atoms with Crippen molar-refractivity contribution in [1.29, 1.82) is 0 Å². The van der Waals surface area contributed by atoms with Crippen LogP contribution in [0.2, 0.25) is 0 Å². The number of aromatic nitrogens is 2. The van der Waals surface area contributed by atoms with Gasteiger partial charge in [-0.1, -0.05) is 12.1 Å². The summed E-state index contributed by atoms with van der Waals surface area (Å²) in [6, 6.07) is 8.42. The van der Waals surface area contributed by atoms with Crippen LogP contribution in [0.3, 0.4) is 0 Å². The minimum atomic E-state index is 0.929. The second-order valence-electron chi connectivity index (χ2n) is 6.35. The van der Waals surface area contributed by atoms with Gasteiger partial charge in [0, 0.05) is 51.7 Å². The molecule has 0 N–H and O–H groups in total. The third kappa shape index (κ3) is 4.36. The molecule has 1 saturated heterocycles. The summed E-state index contributed by atoms with van der Waals surface area (Å²) in [7, 11) is 1.71. The third-order valence-electron chi connectivity index (χ3n) is 4.85. The average Bonchev–Trinajstić information content (AvgIpc) is 3.08. The molecule has 2 heterocycles. The fraction of sp³-hybridized carbons (Fsp3) is 0.526. The van der Waals surface area contributed by atoms with E-state index >= 15 is 0 Å². The summed E-state index contributed by atoms with van der Waals surface area (Å²) in [5, 5.41) is 0. The van der Waals surface area contributed by atoms with Crippen LogP contribution < -0.4 is 4.74 Å². The van der Waals surface area contributed by atoms with Gasteiger partial charge in [0.1, 0.15) is 11.6 Å².